The molecule has 0 aliphatic carbocycles. The quantitative estimate of drug-likeness (QED) is 0.368. The van der Waals surface area contributed by atoms with Gasteiger partial charge >= 0.3 is 0 Å². The number of nitrogens with zero attached hydrogens (tertiary/aromatic N) is 4. The lowest BCUT2D eigenvalue weighted by atomic mass is 10.2. The second kappa shape index (κ2) is 11.9. The van der Waals surface area contributed by atoms with E-state index >= 15 is 0 Å². The molecule has 0 amide bonds. The highest BCUT2D eigenvalue weighted by atomic mass is 35.5. The van der Waals surface area contributed by atoms with Crippen LogP contribution in [-0.2, 0) is 0 Å². The van der Waals surface area contributed by atoms with E-state index in [2.05, 4.69) is 55.9 Å². The van der Waals surface area contributed by atoms with E-state index < -0.39 is 0 Å². The van der Waals surface area contributed by atoms with Gasteiger partial charge in [-0.25, -0.2) is 4.98 Å². The van der Waals surface area contributed by atoms with Crippen molar-refractivity contribution in [1.29, 1.82) is 0 Å². The Morgan fingerprint density at radius 1 is 1.06 bits per heavy atom. The van der Waals surface area contributed by atoms with Gasteiger partial charge in [-0.15, -0.1) is 0 Å². The molecule has 0 radical (unpaired) electrons. The molecule has 1 saturated heterocycles. The van der Waals surface area contributed by atoms with E-state index in [1.807, 2.05) is 30.3 Å². The lowest BCUT2D eigenvalue weighted by Crippen LogP contribution is -2.47. The Morgan fingerprint density at radius 3 is 2.54 bits per heavy atom. The molecule has 1 aromatic heterocycles. The zero-order valence-corrected chi connectivity index (χ0v) is 22.0. The minimum atomic E-state index is -0.289. The summed E-state index contributed by atoms with van der Waals surface area (Å²) in [4.78, 5) is 13.6. The number of aliphatic hydroxyl groups is 1. The Hall–Kier alpha value is -2.64. The predicted octanol–water partition coefficient (Wildman–Crippen LogP) is 4.11. The van der Waals surface area contributed by atoms with E-state index in [1.54, 1.807) is 13.3 Å². The summed E-state index contributed by atoms with van der Waals surface area (Å²) in [6.45, 7) is 9.03. The molecule has 1 aliphatic rings. The van der Waals surface area contributed by atoms with Crippen molar-refractivity contribution >= 4 is 53.7 Å². The lowest BCUT2D eigenvalue weighted by molar-refractivity contribution is 0.189. The van der Waals surface area contributed by atoms with E-state index in [9.17, 15) is 0 Å². The molecule has 0 bridgehead atoms. The summed E-state index contributed by atoms with van der Waals surface area (Å²) in [7, 11) is 1.37. The number of halogens is 1. The number of hydrogen-bond acceptors (Lipinski definition) is 8. The van der Waals surface area contributed by atoms with Crippen molar-refractivity contribution in [3.05, 3.63) is 53.7 Å². The summed E-state index contributed by atoms with van der Waals surface area (Å²) in [6.07, 6.45) is 1.59. The molecule has 35 heavy (non-hydrogen) atoms. The molecular weight excluding hydrogens is 483 g/mol. The van der Waals surface area contributed by atoms with Gasteiger partial charge in [0, 0.05) is 50.2 Å². The highest BCUT2D eigenvalue weighted by Crippen LogP contribution is 2.34. The van der Waals surface area contributed by atoms with Crippen LogP contribution >= 0.6 is 19.5 Å². The summed E-state index contributed by atoms with van der Waals surface area (Å²) < 4.78 is 5.67. The van der Waals surface area contributed by atoms with Gasteiger partial charge < -0.3 is 25.4 Å². The van der Waals surface area contributed by atoms with Crippen LogP contribution in [0.4, 0.5) is 28.8 Å². The third-order valence-corrected chi connectivity index (χ3v) is 7.60. The van der Waals surface area contributed by atoms with Crippen LogP contribution in [0, 0.1) is 0 Å². The fourth-order valence-corrected chi connectivity index (χ4v) is 5.22. The van der Waals surface area contributed by atoms with Crippen molar-refractivity contribution in [1.82, 2.24) is 14.9 Å². The van der Waals surface area contributed by atoms with E-state index in [0.717, 1.165) is 49.8 Å². The van der Waals surface area contributed by atoms with Crippen LogP contribution in [0.3, 0.4) is 0 Å². The maximum Gasteiger partial charge on any atom is 0.229 e. The number of methoxy groups -OCH3 is 1. The lowest BCUT2D eigenvalue weighted by Gasteiger charge is -2.36. The molecule has 0 spiro atoms. The van der Waals surface area contributed by atoms with Gasteiger partial charge in [0.05, 0.1) is 25.6 Å². The smallest absolute Gasteiger partial charge is 0.229 e. The number of ether oxygens (including phenoxy) is 1. The van der Waals surface area contributed by atoms with Crippen molar-refractivity contribution in [2.24, 2.45) is 0 Å². The zero-order chi connectivity index (χ0) is 24.8. The fraction of sp³-hybridized carbons (Fsp3) is 0.360. The third kappa shape index (κ3) is 6.33. The molecule has 0 atom stereocenters. The first-order chi connectivity index (χ1) is 17.0. The minimum absolute atomic E-state index is 0.198. The number of nitrogens with one attached hydrogen (secondary N) is 2. The predicted molar refractivity (Wildman–Crippen MR) is 147 cm³/mol. The third-order valence-electron chi connectivity index (χ3n) is 5.97. The Morgan fingerprint density at radius 2 is 1.83 bits per heavy atom. The van der Waals surface area contributed by atoms with Crippen LogP contribution < -0.4 is 25.6 Å². The van der Waals surface area contributed by atoms with Gasteiger partial charge in [-0.3, -0.25) is 4.90 Å². The van der Waals surface area contributed by atoms with Gasteiger partial charge in [0.25, 0.3) is 0 Å². The Balaban J connectivity index is 1.50. The highest BCUT2D eigenvalue weighted by molar-refractivity contribution is 7.64. The van der Waals surface area contributed by atoms with Crippen LogP contribution in [0.1, 0.15) is 0 Å². The second-order valence-electron chi connectivity index (χ2n) is 8.49. The first-order valence-corrected chi connectivity index (χ1v) is 14.2. The highest BCUT2D eigenvalue weighted by Gasteiger charge is 2.18. The summed E-state index contributed by atoms with van der Waals surface area (Å²) in [5.41, 5.74) is 2.87. The van der Waals surface area contributed by atoms with Crippen molar-refractivity contribution < 1.29 is 9.84 Å². The average molecular weight is 515 g/mol. The monoisotopic (exact) mass is 514 g/mol. The molecule has 4 rings (SSSR count). The standard InChI is InChI=1S/C25H32ClN6O2P/c1-34-22-16-18(32-12-10-31(11-13-32)14-15-33)8-9-20(22)29-25-27-17-19(26)24(30-25)28-21-6-4-5-7-23(21)35(2)3/h4-9,16-17,33H,10-15H2,1-3H3,(H2,27,28,29,30). The average Bonchev–Trinajstić information content (AvgIpc) is 2.87. The molecule has 1 aliphatic heterocycles. The molecule has 0 unspecified atom stereocenters. The van der Waals surface area contributed by atoms with Crippen LogP contribution in [0.15, 0.2) is 48.7 Å². The van der Waals surface area contributed by atoms with E-state index in [0.29, 0.717) is 22.5 Å². The Kier molecular flexibility index (Phi) is 8.63. The SMILES string of the molecule is COc1cc(N2CCN(CCO)CC2)ccc1Nc1ncc(Cl)c(Nc2ccccc2P(C)C)n1. The number of rotatable bonds is 9. The molecule has 3 aromatic rings. The Bertz CT molecular complexity index is 1140. The fourth-order valence-electron chi connectivity index (χ4n) is 4.08. The molecule has 1 fully saturated rings. The van der Waals surface area contributed by atoms with E-state index in [-0.39, 0.29) is 14.5 Å². The number of benzene rings is 2. The summed E-state index contributed by atoms with van der Waals surface area (Å²) >= 11 is 6.42. The topological polar surface area (TPSA) is 85.8 Å². The number of aromatic nitrogens is 2. The maximum absolute atomic E-state index is 9.16. The molecule has 8 nitrogen and oxygen atoms in total. The van der Waals surface area contributed by atoms with Gasteiger partial charge in [0.1, 0.15) is 10.8 Å². The van der Waals surface area contributed by atoms with E-state index in [4.69, 9.17) is 21.4 Å². The van der Waals surface area contributed by atoms with Crippen LogP contribution in [-0.4, -0.2) is 79.7 Å². The van der Waals surface area contributed by atoms with Gasteiger partial charge in [0.15, 0.2) is 5.82 Å². The second-order valence-corrected chi connectivity index (χ2v) is 11.2. The minimum Gasteiger partial charge on any atom is -0.494 e. The first kappa shape index (κ1) is 25.5. The van der Waals surface area contributed by atoms with Crippen molar-refractivity contribution in [3.8, 4) is 5.75 Å². The normalized spacial score (nSPS) is 14.3. The largest absolute Gasteiger partial charge is 0.494 e. The molecule has 2 heterocycles. The zero-order valence-electron chi connectivity index (χ0n) is 20.3. The molecule has 186 valence electrons. The molecule has 2 aromatic carbocycles. The first-order valence-electron chi connectivity index (χ1n) is 11.6. The number of β-amino-alcohol motifs (C(OH)–C–C–N with tert-alkyl or cyclic N) is 1. The van der Waals surface area contributed by atoms with Crippen LogP contribution in [0.5, 0.6) is 5.75 Å². The number of anilines is 5. The van der Waals surface area contributed by atoms with E-state index in [1.165, 1.54) is 5.30 Å². The van der Waals surface area contributed by atoms with Crippen molar-refractivity contribution in [3.63, 3.8) is 0 Å². The van der Waals surface area contributed by atoms with Gasteiger partial charge in [-0.2, -0.15) is 4.98 Å². The number of para-hydroxylation sites is 1. The molecule has 10 heteroatoms. The molecule has 0 saturated carbocycles. The van der Waals surface area contributed by atoms with Gasteiger partial charge in [-0.1, -0.05) is 37.7 Å². The van der Waals surface area contributed by atoms with Crippen LogP contribution in [0.25, 0.3) is 0 Å². The van der Waals surface area contributed by atoms with Crippen molar-refractivity contribution in [2.75, 3.05) is 75.3 Å². The summed E-state index contributed by atoms with van der Waals surface area (Å²) in [5, 5.41) is 17.5. The summed E-state index contributed by atoms with van der Waals surface area (Å²) in [6, 6.07) is 14.3. The molecule has 3 N–H and O–H groups in total. The van der Waals surface area contributed by atoms with Gasteiger partial charge in [-0.05, 0) is 36.8 Å². The maximum atomic E-state index is 9.16. The van der Waals surface area contributed by atoms with Crippen molar-refractivity contribution in [2.45, 2.75) is 0 Å². The van der Waals surface area contributed by atoms with Gasteiger partial charge in [0.2, 0.25) is 5.95 Å². The number of hydrogen-bond donors (Lipinski definition) is 3. The number of piperazine rings is 1. The number of aliphatic hydroxyl groups excluding tert-OH is 1. The Labute approximate surface area is 213 Å². The molecular formula is C25H32ClN6O2P. The summed E-state index contributed by atoms with van der Waals surface area (Å²) in [5.74, 6) is 1.68. The van der Waals surface area contributed by atoms with Crippen LogP contribution in [0.2, 0.25) is 5.02 Å².